The van der Waals surface area contributed by atoms with E-state index in [2.05, 4.69) is 0 Å². The van der Waals surface area contributed by atoms with E-state index < -0.39 is 0 Å². The summed E-state index contributed by atoms with van der Waals surface area (Å²) in [7, 11) is 0. The third kappa shape index (κ3) is 3.30. The van der Waals surface area contributed by atoms with Crippen LogP contribution in [-0.4, -0.2) is 29.1 Å². The van der Waals surface area contributed by atoms with Crippen molar-refractivity contribution in [1.29, 1.82) is 0 Å². The molecule has 0 N–H and O–H groups in total. The molecule has 1 saturated heterocycles. The Labute approximate surface area is 109 Å². The fourth-order valence-electron chi connectivity index (χ4n) is 2.03. The molecule has 2 heterocycles. The van der Waals surface area contributed by atoms with Gasteiger partial charge in [-0.1, -0.05) is 6.07 Å². The molecule has 5 heteroatoms. The Bertz CT molecular complexity index is 397. The van der Waals surface area contributed by atoms with Crippen LogP contribution in [0.3, 0.4) is 0 Å². The molecule has 0 bridgehead atoms. The number of hydrogen-bond donors (Lipinski definition) is 0. The minimum Gasteiger partial charge on any atom is -0.342 e. The molecule has 1 aliphatic rings. The van der Waals surface area contributed by atoms with E-state index in [9.17, 15) is 9.59 Å². The number of piperidine rings is 1. The summed E-state index contributed by atoms with van der Waals surface area (Å²) >= 11 is 7.06. The number of carbonyl (C=O) groups excluding carboxylic acids is 2. The maximum absolute atomic E-state index is 12.0. The van der Waals surface area contributed by atoms with Gasteiger partial charge in [0.1, 0.15) is 0 Å². The molecule has 0 spiro atoms. The van der Waals surface area contributed by atoms with Gasteiger partial charge in [0, 0.05) is 23.9 Å². The first-order chi connectivity index (χ1) is 8.16. The molecule has 3 nitrogen and oxygen atoms in total. The number of hydrogen-bond acceptors (Lipinski definition) is 3. The lowest BCUT2D eigenvalue weighted by Crippen LogP contribution is -2.40. The van der Waals surface area contributed by atoms with E-state index in [1.807, 2.05) is 22.4 Å². The van der Waals surface area contributed by atoms with Crippen LogP contribution in [0.5, 0.6) is 0 Å². The Morgan fingerprint density at radius 1 is 1.41 bits per heavy atom. The van der Waals surface area contributed by atoms with E-state index in [4.69, 9.17) is 11.6 Å². The van der Waals surface area contributed by atoms with Crippen molar-refractivity contribution in [2.24, 2.45) is 5.92 Å². The standard InChI is InChI=1S/C12H14ClNO2S/c13-12(16)9-3-5-14(6-4-9)11(15)8-10-2-1-7-17-10/h1-2,7,9H,3-6,8H2. The Morgan fingerprint density at radius 2 is 2.12 bits per heavy atom. The van der Waals surface area contributed by atoms with Crippen LogP contribution in [0.25, 0.3) is 0 Å². The third-order valence-electron chi connectivity index (χ3n) is 3.07. The molecular formula is C12H14ClNO2S. The van der Waals surface area contributed by atoms with Gasteiger partial charge in [-0.15, -0.1) is 11.3 Å². The molecule has 0 radical (unpaired) electrons. The first kappa shape index (κ1) is 12.6. The lowest BCUT2D eigenvalue weighted by atomic mass is 9.98. The van der Waals surface area contributed by atoms with Gasteiger partial charge in [0.15, 0.2) is 0 Å². The maximum Gasteiger partial charge on any atom is 0.227 e. The molecule has 0 atom stereocenters. The zero-order valence-electron chi connectivity index (χ0n) is 9.39. The van der Waals surface area contributed by atoms with Crippen LogP contribution in [-0.2, 0) is 16.0 Å². The quantitative estimate of drug-likeness (QED) is 0.791. The molecule has 17 heavy (non-hydrogen) atoms. The average molecular weight is 272 g/mol. The predicted molar refractivity (Wildman–Crippen MR) is 68.2 cm³/mol. The number of thiophene rings is 1. The van der Waals surface area contributed by atoms with Gasteiger partial charge in [0.25, 0.3) is 0 Å². The summed E-state index contributed by atoms with van der Waals surface area (Å²) in [6.07, 6.45) is 1.86. The number of nitrogens with zero attached hydrogens (tertiary/aromatic N) is 1. The first-order valence-electron chi connectivity index (χ1n) is 5.66. The fraction of sp³-hybridized carbons (Fsp3) is 0.500. The third-order valence-corrected chi connectivity index (χ3v) is 4.26. The second-order valence-electron chi connectivity index (χ2n) is 4.22. The molecule has 92 valence electrons. The highest BCUT2D eigenvalue weighted by molar-refractivity contribution is 7.10. The molecular weight excluding hydrogens is 258 g/mol. The van der Waals surface area contributed by atoms with Gasteiger partial charge < -0.3 is 4.90 Å². The van der Waals surface area contributed by atoms with Gasteiger partial charge in [-0.3, -0.25) is 9.59 Å². The van der Waals surface area contributed by atoms with Crippen molar-refractivity contribution in [1.82, 2.24) is 4.90 Å². The molecule has 1 amide bonds. The van der Waals surface area contributed by atoms with E-state index in [1.54, 1.807) is 11.3 Å². The van der Waals surface area contributed by atoms with Crippen LogP contribution in [0.1, 0.15) is 17.7 Å². The zero-order valence-corrected chi connectivity index (χ0v) is 11.0. The average Bonchev–Trinajstić information content (AvgIpc) is 2.82. The second-order valence-corrected chi connectivity index (χ2v) is 5.62. The van der Waals surface area contributed by atoms with Gasteiger partial charge >= 0.3 is 0 Å². The van der Waals surface area contributed by atoms with E-state index in [-0.39, 0.29) is 17.1 Å². The summed E-state index contributed by atoms with van der Waals surface area (Å²) in [6, 6.07) is 3.92. The number of likely N-dealkylation sites (tertiary alicyclic amines) is 1. The molecule has 0 aliphatic carbocycles. The zero-order chi connectivity index (χ0) is 12.3. The minimum absolute atomic E-state index is 0.0672. The van der Waals surface area contributed by atoms with Gasteiger partial charge in [-0.2, -0.15) is 0 Å². The predicted octanol–water partition coefficient (Wildman–Crippen LogP) is 2.29. The molecule has 0 aromatic carbocycles. The highest BCUT2D eigenvalue weighted by atomic mass is 35.5. The van der Waals surface area contributed by atoms with Gasteiger partial charge in [0.2, 0.25) is 11.1 Å². The molecule has 1 aromatic heterocycles. The summed E-state index contributed by atoms with van der Waals surface area (Å²) in [4.78, 5) is 25.9. The topological polar surface area (TPSA) is 37.4 Å². The van der Waals surface area contributed by atoms with Crippen LogP contribution >= 0.6 is 22.9 Å². The fourth-order valence-corrected chi connectivity index (χ4v) is 2.94. The normalized spacial score (nSPS) is 17.1. The van der Waals surface area contributed by atoms with E-state index in [0.717, 1.165) is 4.88 Å². The van der Waals surface area contributed by atoms with Crippen molar-refractivity contribution >= 4 is 34.1 Å². The molecule has 1 fully saturated rings. The SMILES string of the molecule is O=C(Cl)C1CCN(C(=O)Cc2cccs2)CC1. The molecule has 0 unspecified atom stereocenters. The summed E-state index contributed by atoms with van der Waals surface area (Å²) in [5.74, 6) is 0.0791. The van der Waals surface area contributed by atoms with Gasteiger partial charge in [0.05, 0.1) is 6.42 Å². The number of rotatable bonds is 3. The van der Waals surface area contributed by atoms with E-state index in [1.165, 1.54) is 0 Å². The Kier molecular flexibility index (Phi) is 4.18. The first-order valence-corrected chi connectivity index (χ1v) is 6.92. The monoisotopic (exact) mass is 271 g/mol. The van der Waals surface area contributed by atoms with Gasteiger partial charge in [-0.25, -0.2) is 0 Å². The maximum atomic E-state index is 12.0. The van der Waals surface area contributed by atoms with Crippen molar-refractivity contribution in [3.05, 3.63) is 22.4 Å². The van der Waals surface area contributed by atoms with Crippen LogP contribution in [0.15, 0.2) is 17.5 Å². The van der Waals surface area contributed by atoms with E-state index in [0.29, 0.717) is 32.4 Å². The number of carbonyl (C=O) groups is 2. The van der Waals surface area contributed by atoms with Crippen LogP contribution in [0.2, 0.25) is 0 Å². The summed E-state index contributed by atoms with van der Waals surface area (Å²) in [5, 5.41) is 1.71. The van der Waals surface area contributed by atoms with Crippen LogP contribution in [0.4, 0.5) is 0 Å². The van der Waals surface area contributed by atoms with Crippen molar-refractivity contribution in [3.8, 4) is 0 Å². The number of amides is 1. The highest BCUT2D eigenvalue weighted by Gasteiger charge is 2.26. The highest BCUT2D eigenvalue weighted by Crippen LogP contribution is 2.20. The van der Waals surface area contributed by atoms with Gasteiger partial charge in [-0.05, 0) is 35.9 Å². The molecule has 1 aromatic rings. The van der Waals surface area contributed by atoms with Crippen LogP contribution in [0, 0.1) is 5.92 Å². The molecule has 0 saturated carbocycles. The van der Waals surface area contributed by atoms with E-state index >= 15 is 0 Å². The molecule has 2 rings (SSSR count). The molecule has 1 aliphatic heterocycles. The lowest BCUT2D eigenvalue weighted by Gasteiger charge is -2.30. The Hall–Kier alpha value is -0.870. The summed E-state index contributed by atoms with van der Waals surface area (Å²) in [6.45, 7) is 1.29. The summed E-state index contributed by atoms with van der Waals surface area (Å²) < 4.78 is 0. The van der Waals surface area contributed by atoms with Crippen molar-refractivity contribution in [2.45, 2.75) is 19.3 Å². The number of halogens is 1. The smallest absolute Gasteiger partial charge is 0.227 e. The van der Waals surface area contributed by atoms with Crippen LogP contribution < -0.4 is 0 Å². The second kappa shape index (κ2) is 5.65. The summed E-state index contributed by atoms with van der Waals surface area (Å²) in [5.41, 5.74) is 0. The van der Waals surface area contributed by atoms with Crippen molar-refractivity contribution in [2.75, 3.05) is 13.1 Å². The van der Waals surface area contributed by atoms with Crippen molar-refractivity contribution in [3.63, 3.8) is 0 Å². The van der Waals surface area contributed by atoms with Crippen molar-refractivity contribution < 1.29 is 9.59 Å². The lowest BCUT2D eigenvalue weighted by molar-refractivity contribution is -0.133. The Balaban J connectivity index is 1.84. The largest absolute Gasteiger partial charge is 0.342 e. The minimum atomic E-state index is -0.268. The Morgan fingerprint density at radius 3 is 2.65 bits per heavy atom.